The van der Waals surface area contributed by atoms with Crippen molar-refractivity contribution in [3.05, 3.63) is 23.8 Å². The van der Waals surface area contributed by atoms with Crippen LogP contribution in [0.15, 0.2) is 18.2 Å². The number of nitrogens with one attached hydrogen (secondary N) is 1. The fourth-order valence-corrected chi connectivity index (χ4v) is 2.32. The highest BCUT2D eigenvalue weighted by Crippen LogP contribution is 2.49. The van der Waals surface area contributed by atoms with Gasteiger partial charge in [0, 0.05) is 5.41 Å². The maximum Gasteiger partial charge on any atom is 0.268 e. The number of anilines is 1. The minimum atomic E-state index is -0.846. The number of ether oxygens (including phenoxy) is 1. The van der Waals surface area contributed by atoms with E-state index in [0.29, 0.717) is 11.4 Å². The minimum absolute atomic E-state index is 0.0794. The third-order valence-electron chi connectivity index (χ3n) is 3.91. The summed E-state index contributed by atoms with van der Waals surface area (Å²) in [7, 11) is 0. The van der Waals surface area contributed by atoms with Crippen molar-refractivity contribution in [1.82, 2.24) is 0 Å². The van der Waals surface area contributed by atoms with E-state index in [2.05, 4.69) is 5.32 Å². The molecule has 1 amide bonds. The van der Waals surface area contributed by atoms with Crippen molar-refractivity contribution in [2.24, 2.45) is 0 Å². The molecule has 1 saturated carbocycles. The zero-order chi connectivity index (χ0) is 13.0. The number of hydrogen-bond acceptors (Lipinski definition) is 3. The van der Waals surface area contributed by atoms with Gasteiger partial charge in [-0.1, -0.05) is 6.07 Å². The van der Waals surface area contributed by atoms with Gasteiger partial charge in [0.25, 0.3) is 5.91 Å². The van der Waals surface area contributed by atoms with E-state index in [1.54, 1.807) is 13.8 Å². The summed E-state index contributed by atoms with van der Waals surface area (Å²) in [6.07, 6.45) is 2.02. The molecule has 3 rings (SSSR count). The average molecular weight is 247 g/mol. The van der Waals surface area contributed by atoms with Gasteiger partial charge in [-0.25, -0.2) is 0 Å². The zero-order valence-electron chi connectivity index (χ0n) is 10.6. The van der Waals surface area contributed by atoms with Crippen molar-refractivity contribution in [3.63, 3.8) is 0 Å². The number of rotatable bonds is 2. The van der Waals surface area contributed by atoms with Crippen LogP contribution >= 0.6 is 0 Å². The molecule has 1 aromatic rings. The first kappa shape index (κ1) is 11.5. The Morgan fingerprint density at radius 1 is 1.39 bits per heavy atom. The maximum absolute atomic E-state index is 11.8. The SMILES string of the molecule is CC1(C)Oc2cc(C3(CO)CC3)ccc2NC1=O. The summed E-state index contributed by atoms with van der Waals surface area (Å²) >= 11 is 0. The molecule has 2 aliphatic rings. The van der Waals surface area contributed by atoms with E-state index < -0.39 is 5.60 Å². The van der Waals surface area contributed by atoms with Crippen LogP contribution in [0, 0.1) is 0 Å². The third-order valence-corrected chi connectivity index (χ3v) is 3.91. The van der Waals surface area contributed by atoms with Gasteiger partial charge in [0.05, 0.1) is 12.3 Å². The molecule has 0 saturated heterocycles. The van der Waals surface area contributed by atoms with Gasteiger partial charge < -0.3 is 15.2 Å². The Kier molecular flexibility index (Phi) is 2.23. The van der Waals surface area contributed by atoms with Gasteiger partial charge in [0.2, 0.25) is 0 Å². The van der Waals surface area contributed by atoms with E-state index in [1.807, 2.05) is 18.2 Å². The van der Waals surface area contributed by atoms with E-state index in [1.165, 1.54) is 0 Å². The Bertz CT molecular complexity index is 518. The van der Waals surface area contributed by atoms with E-state index in [4.69, 9.17) is 4.74 Å². The van der Waals surface area contributed by atoms with Crippen LogP contribution < -0.4 is 10.1 Å². The van der Waals surface area contributed by atoms with Gasteiger partial charge >= 0.3 is 0 Å². The lowest BCUT2D eigenvalue weighted by Gasteiger charge is -2.32. The fraction of sp³-hybridized carbons (Fsp3) is 0.500. The quantitative estimate of drug-likeness (QED) is 0.838. The van der Waals surface area contributed by atoms with Gasteiger partial charge in [-0.3, -0.25) is 4.79 Å². The molecule has 2 N–H and O–H groups in total. The van der Waals surface area contributed by atoms with Crippen molar-refractivity contribution < 1.29 is 14.6 Å². The molecule has 0 bridgehead atoms. The summed E-state index contributed by atoms with van der Waals surface area (Å²) in [6, 6.07) is 5.76. The van der Waals surface area contributed by atoms with Crippen LogP contribution in [-0.2, 0) is 10.2 Å². The largest absolute Gasteiger partial charge is 0.476 e. The summed E-state index contributed by atoms with van der Waals surface area (Å²) in [5, 5.41) is 12.3. The van der Waals surface area contributed by atoms with E-state index in [0.717, 1.165) is 18.4 Å². The topological polar surface area (TPSA) is 58.6 Å². The Hall–Kier alpha value is -1.55. The molecule has 96 valence electrons. The van der Waals surface area contributed by atoms with E-state index in [-0.39, 0.29) is 17.9 Å². The van der Waals surface area contributed by atoms with Crippen LogP contribution in [0.2, 0.25) is 0 Å². The molecule has 1 fully saturated rings. The highest BCUT2D eigenvalue weighted by atomic mass is 16.5. The molecule has 0 atom stereocenters. The second-order valence-electron chi connectivity index (χ2n) is 5.72. The standard InChI is InChI=1S/C14H17NO3/c1-13(2)12(17)15-10-4-3-9(7-11(10)18-13)14(8-16)5-6-14/h3-4,7,16H,5-6,8H2,1-2H3,(H,15,17). The van der Waals surface area contributed by atoms with E-state index in [9.17, 15) is 9.90 Å². The molecule has 1 aliphatic heterocycles. The number of fused-ring (bicyclic) bond motifs is 1. The summed E-state index contributed by atoms with van der Waals surface area (Å²) in [5.74, 6) is 0.558. The van der Waals surface area contributed by atoms with Crippen LogP contribution in [0.25, 0.3) is 0 Å². The van der Waals surface area contributed by atoms with Crippen LogP contribution in [0.3, 0.4) is 0 Å². The van der Waals surface area contributed by atoms with Gasteiger partial charge in [-0.05, 0) is 44.4 Å². The molecule has 0 spiro atoms. The number of carbonyl (C=O) groups is 1. The highest BCUT2D eigenvalue weighted by Gasteiger charge is 2.44. The Labute approximate surface area is 106 Å². The summed E-state index contributed by atoms with van der Waals surface area (Å²) < 4.78 is 5.75. The molecular formula is C14H17NO3. The minimum Gasteiger partial charge on any atom is -0.476 e. The molecular weight excluding hydrogens is 230 g/mol. The lowest BCUT2D eigenvalue weighted by atomic mass is 9.95. The fourth-order valence-electron chi connectivity index (χ4n) is 2.32. The van der Waals surface area contributed by atoms with Crippen molar-refractivity contribution in [2.45, 2.75) is 37.7 Å². The van der Waals surface area contributed by atoms with Crippen molar-refractivity contribution >= 4 is 11.6 Å². The highest BCUT2D eigenvalue weighted by molar-refractivity contribution is 6.00. The maximum atomic E-state index is 11.8. The summed E-state index contributed by atoms with van der Waals surface area (Å²) in [4.78, 5) is 11.8. The molecule has 4 heteroatoms. The average Bonchev–Trinajstić information content (AvgIpc) is 3.10. The second kappa shape index (κ2) is 3.48. The third kappa shape index (κ3) is 1.60. The Morgan fingerprint density at radius 3 is 2.72 bits per heavy atom. The Balaban J connectivity index is 1.99. The van der Waals surface area contributed by atoms with Crippen molar-refractivity contribution in [2.75, 3.05) is 11.9 Å². The lowest BCUT2D eigenvalue weighted by Crippen LogP contribution is -2.45. The summed E-state index contributed by atoms with van der Waals surface area (Å²) in [5.41, 5.74) is 0.874. The smallest absolute Gasteiger partial charge is 0.268 e. The second-order valence-corrected chi connectivity index (χ2v) is 5.72. The Morgan fingerprint density at radius 2 is 2.11 bits per heavy atom. The molecule has 1 aromatic carbocycles. The van der Waals surface area contributed by atoms with Crippen molar-refractivity contribution in [3.8, 4) is 5.75 Å². The number of aliphatic hydroxyl groups is 1. The van der Waals surface area contributed by atoms with Gasteiger partial charge in [0.1, 0.15) is 5.75 Å². The molecule has 0 aromatic heterocycles. The van der Waals surface area contributed by atoms with Gasteiger partial charge in [-0.15, -0.1) is 0 Å². The predicted molar refractivity (Wildman–Crippen MR) is 67.8 cm³/mol. The molecule has 0 unspecified atom stereocenters. The number of hydrogen-bond donors (Lipinski definition) is 2. The molecule has 18 heavy (non-hydrogen) atoms. The molecule has 4 nitrogen and oxygen atoms in total. The molecule has 1 aliphatic carbocycles. The van der Waals surface area contributed by atoms with Gasteiger partial charge in [0.15, 0.2) is 5.60 Å². The van der Waals surface area contributed by atoms with E-state index >= 15 is 0 Å². The zero-order valence-corrected chi connectivity index (χ0v) is 10.6. The number of benzene rings is 1. The number of amides is 1. The lowest BCUT2D eigenvalue weighted by molar-refractivity contribution is -0.129. The number of carbonyl (C=O) groups excluding carboxylic acids is 1. The first-order chi connectivity index (χ1) is 8.47. The van der Waals surface area contributed by atoms with Crippen molar-refractivity contribution in [1.29, 1.82) is 0 Å². The van der Waals surface area contributed by atoms with Gasteiger partial charge in [-0.2, -0.15) is 0 Å². The first-order valence-electron chi connectivity index (χ1n) is 6.23. The van der Waals surface area contributed by atoms with Crippen LogP contribution in [-0.4, -0.2) is 23.2 Å². The molecule has 0 radical (unpaired) electrons. The van der Waals surface area contributed by atoms with Crippen LogP contribution in [0.4, 0.5) is 5.69 Å². The predicted octanol–water partition coefficient (Wildman–Crippen LogP) is 1.82. The van der Waals surface area contributed by atoms with Crippen LogP contribution in [0.5, 0.6) is 5.75 Å². The summed E-state index contributed by atoms with van der Waals surface area (Å²) in [6.45, 7) is 3.66. The van der Waals surface area contributed by atoms with Crippen LogP contribution in [0.1, 0.15) is 32.3 Å². The normalized spacial score (nSPS) is 22.7. The molecule has 1 heterocycles. The monoisotopic (exact) mass is 247 g/mol. The first-order valence-corrected chi connectivity index (χ1v) is 6.23. The number of aliphatic hydroxyl groups excluding tert-OH is 1.